The van der Waals surface area contributed by atoms with E-state index in [1.165, 1.54) is 6.42 Å². The van der Waals surface area contributed by atoms with Crippen molar-refractivity contribution >= 4 is 0 Å². The minimum Gasteiger partial charge on any atom is -0.378 e. The number of hydrogen-bond donors (Lipinski definition) is 1. The molecule has 0 aromatic heterocycles. The second-order valence-electron chi connectivity index (χ2n) is 5.95. The van der Waals surface area contributed by atoms with E-state index in [4.69, 9.17) is 9.47 Å². The molecular weight excluding hydrogens is 214 g/mol. The molecule has 0 bridgehead atoms. The van der Waals surface area contributed by atoms with E-state index in [1.54, 1.807) is 0 Å². The van der Waals surface area contributed by atoms with Crippen molar-refractivity contribution in [2.75, 3.05) is 19.8 Å². The molecule has 0 aliphatic carbocycles. The summed E-state index contributed by atoms with van der Waals surface area (Å²) in [4.78, 5) is 0. The van der Waals surface area contributed by atoms with Gasteiger partial charge < -0.3 is 14.8 Å². The number of rotatable bonds is 4. The van der Waals surface area contributed by atoms with Gasteiger partial charge in [-0.2, -0.15) is 0 Å². The van der Waals surface area contributed by atoms with Crippen LogP contribution in [0.1, 0.15) is 46.5 Å². The molecule has 0 saturated carbocycles. The summed E-state index contributed by atoms with van der Waals surface area (Å²) in [6.45, 7) is 9.42. The SMILES string of the molecule is CCC(NC1CCOC2(CCOC2)C1)C(C)C. The van der Waals surface area contributed by atoms with Gasteiger partial charge in [-0.25, -0.2) is 0 Å². The first-order valence-corrected chi connectivity index (χ1v) is 7.13. The van der Waals surface area contributed by atoms with Crippen molar-refractivity contribution in [1.82, 2.24) is 5.32 Å². The van der Waals surface area contributed by atoms with Crippen molar-refractivity contribution in [3.05, 3.63) is 0 Å². The smallest absolute Gasteiger partial charge is 0.0951 e. The lowest BCUT2D eigenvalue weighted by atomic mass is 9.88. The van der Waals surface area contributed by atoms with Crippen LogP contribution in [0, 0.1) is 5.92 Å². The van der Waals surface area contributed by atoms with Crippen LogP contribution in [-0.4, -0.2) is 37.5 Å². The minimum absolute atomic E-state index is 0.0329. The lowest BCUT2D eigenvalue weighted by Crippen LogP contribution is -2.51. The van der Waals surface area contributed by atoms with Crippen molar-refractivity contribution < 1.29 is 9.47 Å². The Morgan fingerprint density at radius 2 is 2.18 bits per heavy atom. The molecule has 2 aliphatic rings. The van der Waals surface area contributed by atoms with E-state index in [-0.39, 0.29) is 5.60 Å². The van der Waals surface area contributed by atoms with Gasteiger partial charge in [-0.3, -0.25) is 0 Å². The molecule has 1 N–H and O–H groups in total. The molecule has 2 fully saturated rings. The summed E-state index contributed by atoms with van der Waals surface area (Å²) < 4.78 is 11.5. The molecule has 3 unspecified atom stereocenters. The van der Waals surface area contributed by atoms with Crippen molar-refractivity contribution in [3.8, 4) is 0 Å². The molecule has 17 heavy (non-hydrogen) atoms. The predicted molar refractivity (Wildman–Crippen MR) is 69.2 cm³/mol. The zero-order valence-corrected chi connectivity index (χ0v) is 11.5. The van der Waals surface area contributed by atoms with Gasteiger partial charge in [0, 0.05) is 31.7 Å². The zero-order valence-electron chi connectivity index (χ0n) is 11.5. The molecule has 2 heterocycles. The van der Waals surface area contributed by atoms with Crippen molar-refractivity contribution in [2.45, 2.75) is 64.1 Å². The maximum Gasteiger partial charge on any atom is 0.0951 e. The van der Waals surface area contributed by atoms with Crippen LogP contribution in [0.2, 0.25) is 0 Å². The topological polar surface area (TPSA) is 30.5 Å². The summed E-state index contributed by atoms with van der Waals surface area (Å²) in [5.74, 6) is 0.707. The van der Waals surface area contributed by atoms with Gasteiger partial charge in [0.2, 0.25) is 0 Å². The van der Waals surface area contributed by atoms with Gasteiger partial charge in [0.15, 0.2) is 0 Å². The monoisotopic (exact) mass is 241 g/mol. The minimum atomic E-state index is 0.0329. The first-order chi connectivity index (χ1) is 8.15. The van der Waals surface area contributed by atoms with Gasteiger partial charge in [-0.05, 0) is 25.2 Å². The fourth-order valence-corrected chi connectivity index (χ4v) is 3.12. The van der Waals surface area contributed by atoms with Crippen LogP contribution < -0.4 is 5.32 Å². The van der Waals surface area contributed by atoms with Crippen LogP contribution >= 0.6 is 0 Å². The molecule has 2 saturated heterocycles. The highest BCUT2D eigenvalue weighted by atomic mass is 16.6. The molecule has 2 rings (SSSR count). The van der Waals surface area contributed by atoms with Crippen LogP contribution in [0.15, 0.2) is 0 Å². The van der Waals surface area contributed by atoms with Gasteiger partial charge in [-0.1, -0.05) is 20.8 Å². The Hall–Kier alpha value is -0.120. The van der Waals surface area contributed by atoms with Gasteiger partial charge in [-0.15, -0.1) is 0 Å². The van der Waals surface area contributed by atoms with Crippen LogP contribution in [0.25, 0.3) is 0 Å². The largest absolute Gasteiger partial charge is 0.378 e. The lowest BCUT2D eigenvalue weighted by molar-refractivity contribution is -0.0908. The van der Waals surface area contributed by atoms with E-state index < -0.39 is 0 Å². The molecule has 3 atom stereocenters. The van der Waals surface area contributed by atoms with E-state index in [1.807, 2.05) is 0 Å². The summed E-state index contributed by atoms with van der Waals surface area (Å²) in [6.07, 6.45) is 4.55. The predicted octanol–water partition coefficient (Wildman–Crippen LogP) is 2.35. The highest BCUT2D eigenvalue weighted by Gasteiger charge is 2.41. The highest BCUT2D eigenvalue weighted by molar-refractivity contribution is 4.93. The molecular formula is C14H27NO2. The third-order valence-corrected chi connectivity index (χ3v) is 4.25. The summed E-state index contributed by atoms with van der Waals surface area (Å²) in [6, 6.07) is 1.25. The Morgan fingerprint density at radius 3 is 2.76 bits per heavy atom. The first-order valence-electron chi connectivity index (χ1n) is 7.13. The standard InChI is InChI=1S/C14H27NO2/c1-4-13(11(2)3)15-12-5-7-17-14(9-12)6-8-16-10-14/h11-13,15H,4-10H2,1-3H3. The fraction of sp³-hybridized carbons (Fsp3) is 1.00. The highest BCUT2D eigenvalue weighted by Crippen LogP contribution is 2.33. The van der Waals surface area contributed by atoms with E-state index in [9.17, 15) is 0 Å². The summed E-state index contributed by atoms with van der Waals surface area (Å²) in [5.41, 5.74) is 0.0329. The zero-order chi connectivity index (χ0) is 12.3. The van der Waals surface area contributed by atoms with Crippen molar-refractivity contribution in [1.29, 1.82) is 0 Å². The molecule has 0 aromatic carbocycles. The van der Waals surface area contributed by atoms with Crippen LogP contribution in [0.4, 0.5) is 0 Å². The normalized spacial score (nSPS) is 35.6. The number of nitrogens with one attached hydrogen (secondary N) is 1. The Morgan fingerprint density at radius 1 is 1.35 bits per heavy atom. The Labute approximate surface area is 105 Å². The second kappa shape index (κ2) is 5.68. The maximum absolute atomic E-state index is 5.97. The molecule has 3 heteroatoms. The quantitative estimate of drug-likeness (QED) is 0.819. The Kier molecular flexibility index (Phi) is 4.45. The average molecular weight is 241 g/mol. The van der Waals surface area contributed by atoms with Crippen LogP contribution in [0.5, 0.6) is 0 Å². The Balaban J connectivity index is 1.88. The fourth-order valence-electron chi connectivity index (χ4n) is 3.12. The number of hydrogen-bond acceptors (Lipinski definition) is 3. The van der Waals surface area contributed by atoms with Gasteiger partial charge >= 0.3 is 0 Å². The Bertz CT molecular complexity index is 236. The lowest BCUT2D eigenvalue weighted by Gasteiger charge is -2.39. The average Bonchev–Trinajstić information content (AvgIpc) is 2.74. The molecule has 0 amide bonds. The molecule has 0 radical (unpaired) electrons. The van der Waals surface area contributed by atoms with E-state index in [2.05, 4.69) is 26.1 Å². The molecule has 100 valence electrons. The van der Waals surface area contributed by atoms with Crippen LogP contribution in [-0.2, 0) is 9.47 Å². The number of ether oxygens (including phenoxy) is 2. The molecule has 2 aliphatic heterocycles. The summed E-state index contributed by atoms with van der Waals surface area (Å²) in [7, 11) is 0. The van der Waals surface area contributed by atoms with E-state index >= 15 is 0 Å². The summed E-state index contributed by atoms with van der Waals surface area (Å²) >= 11 is 0. The van der Waals surface area contributed by atoms with Crippen LogP contribution in [0.3, 0.4) is 0 Å². The maximum atomic E-state index is 5.97. The van der Waals surface area contributed by atoms with Gasteiger partial charge in [0.1, 0.15) is 0 Å². The van der Waals surface area contributed by atoms with E-state index in [0.29, 0.717) is 18.0 Å². The first kappa shape index (κ1) is 13.3. The molecule has 0 aromatic rings. The molecule has 1 spiro atoms. The third kappa shape index (κ3) is 3.21. The van der Waals surface area contributed by atoms with Gasteiger partial charge in [0.05, 0.1) is 12.2 Å². The van der Waals surface area contributed by atoms with Gasteiger partial charge in [0.25, 0.3) is 0 Å². The summed E-state index contributed by atoms with van der Waals surface area (Å²) in [5, 5.41) is 3.82. The van der Waals surface area contributed by atoms with Crippen molar-refractivity contribution in [3.63, 3.8) is 0 Å². The molecule has 3 nitrogen and oxygen atoms in total. The second-order valence-corrected chi connectivity index (χ2v) is 5.95. The third-order valence-electron chi connectivity index (χ3n) is 4.25. The van der Waals surface area contributed by atoms with E-state index in [0.717, 1.165) is 39.1 Å². The van der Waals surface area contributed by atoms with Crippen molar-refractivity contribution in [2.24, 2.45) is 5.92 Å².